The van der Waals surface area contributed by atoms with Gasteiger partial charge in [0.1, 0.15) is 17.5 Å². The molecule has 1 atom stereocenters. The molecule has 0 aromatic heterocycles. The van der Waals surface area contributed by atoms with E-state index in [1.165, 1.54) is 0 Å². The number of carbonyl (C=O) groups is 2. The molecule has 0 radical (unpaired) electrons. The Morgan fingerprint density at radius 2 is 1.68 bits per heavy atom. The monoisotopic (exact) mass is 424 g/mol. The molecule has 1 unspecified atom stereocenters. The zero-order valence-electron chi connectivity index (χ0n) is 18.4. The standard InChI is InChI=1S/C25H32N2O4/c1-3-23(25(29)26-20-11-7-8-12-20)27(17-19-9-5-4-6-10-19)24(28)18-31-22-15-13-21(30-2)14-16-22/h4-6,9-10,13-16,20,23H,3,7-8,11-12,17-18H2,1-2H3,(H,26,29). The number of amides is 2. The highest BCUT2D eigenvalue weighted by atomic mass is 16.5. The Morgan fingerprint density at radius 3 is 2.29 bits per heavy atom. The first-order valence-corrected chi connectivity index (χ1v) is 11.0. The zero-order chi connectivity index (χ0) is 22.1. The van der Waals surface area contributed by atoms with Crippen LogP contribution in [0.25, 0.3) is 0 Å². The predicted octanol–water partition coefficient (Wildman–Crippen LogP) is 3.94. The summed E-state index contributed by atoms with van der Waals surface area (Å²) in [4.78, 5) is 27.9. The lowest BCUT2D eigenvalue weighted by Gasteiger charge is -2.31. The van der Waals surface area contributed by atoms with Crippen LogP contribution in [0.15, 0.2) is 54.6 Å². The lowest BCUT2D eigenvalue weighted by molar-refractivity contribution is -0.143. The SMILES string of the molecule is CCC(C(=O)NC1CCCC1)N(Cc1ccccc1)C(=O)COc1ccc(OC)cc1. The third kappa shape index (κ3) is 6.48. The van der Waals surface area contributed by atoms with Gasteiger partial charge in [-0.3, -0.25) is 9.59 Å². The first-order valence-electron chi connectivity index (χ1n) is 11.0. The molecule has 6 nitrogen and oxygen atoms in total. The molecule has 0 bridgehead atoms. The molecular formula is C25H32N2O4. The van der Waals surface area contributed by atoms with Crippen LogP contribution in [0.5, 0.6) is 11.5 Å². The van der Waals surface area contributed by atoms with Crippen molar-refractivity contribution < 1.29 is 19.1 Å². The fraction of sp³-hybridized carbons (Fsp3) is 0.440. The molecule has 1 fully saturated rings. The molecule has 1 aliphatic rings. The Morgan fingerprint density at radius 1 is 1.03 bits per heavy atom. The number of hydrogen-bond donors (Lipinski definition) is 1. The number of benzene rings is 2. The second kappa shape index (κ2) is 11.4. The molecule has 6 heteroatoms. The molecule has 2 aromatic carbocycles. The second-order valence-corrected chi connectivity index (χ2v) is 7.89. The number of rotatable bonds is 10. The van der Waals surface area contributed by atoms with Crippen molar-refractivity contribution in [3.05, 3.63) is 60.2 Å². The van der Waals surface area contributed by atoms with Crippen molar-refractivity contribution in [2.75, 3.05) is 13.7 Å². The van der Waals surface area contributed by atoms with Crippen molar-refractivity contribution in [1.29, 1.82) is 0 Å². The maximum Gasteiger partial charge on any atom is 0.261 e. The summed E-state index contributed by atoms with van der Waals surface area (Å²) in [7, 11) is 1.60. The van der Waals surface area contributed by atoms with Crippen molar-refractivity contribution in [1.82, 2.24) is 10.2 Å². The van der Waals surface area contributed by atoms with Gasteiger partial charge in [-0.25, -0.2) is 0 Å². The lowest BCUT2D eigenvalue weighted by atomic mass is 10.1. The van der Waals surface area contributed by atoms with Gasteiger partial charge in [0.2, 0.25) is 5.91 Å². The normalized spacial score (nSPS) is 14.6. The van der Waals surface area contributed by atoms with E-state index in [0.29, 0.717) is 18.7 Å². The Labute approximate surface area is 184 Å². The minimum Gasteiger partial charge on any atom is -0.497 e. The van der Waals surface area contributed by atoms with E-state index in [4.69, 9.17) is 9.47 Å². The summed E-state index contributed by atoms with van der Waals surface area (Å²) < 4.78 is 10.9. The van der Waals surface area contributed by atoms with Crippen molar-refractivity contribution in [2.45, 2.75) is 57.7 Å². The molecule has 3 rings (SSSR count). The average molecular weight is 425 g/mol. The van der Waals surface area contributed by atoms with E-state index in [2.05, 4.69) is 5.32 Å². The van der Waals surface area contributed by atoms with E-state index in [0.717, 1.165) is 37.0 Å². The number of nitrogens with one attached hydrogen (secondary N) is 1. The minimum absolute atomic E-state index is 0.0804. The first-order chi connectivity index (χ1) is 15.1. The Kier molecular flexibility index (Phi) is 8.33. The molecule has 0 saturated heterocycles. The van der Waals surface area contributed by atoms with E-state index in [1.807, 2.05) is 37.3 Å². The summed E-state index contributed by atoms with van der Waals surface area (Å²) >= 11 is 0. The number of hydrogen-bond acceptors (Lipinski definition) is 4. The molecule has 1 saturated carbocycles. The van der Waals surface area contributed by atoms with Crippen LogP contribution >= 0.6 is 0 Å². The largest absolute Gasteiger partial charge is 0.497 e. The van der Waals surface area contributed by atoms with Crippen molar-refractivity contribution in [3.63, 3.8) is 0 Å². The van der Waals surface area contributed by atoms with Crippen LogP contribution in [0.1, 0.15) is 44.6 Å². The number of ether oxygens (including phenoxy) is 2. The summed E-state index contributed by atoms with van der Waals surface area (Å²) in [5, 5.41) is 3.15. The van der Waals surface area contributed by atoms with E-state index in [1.54, 1.807) is 36.3 Å². The van der Waals surface area contributed by atoms with Gasteiger partial charge in [-0.1, -0.05) is 50.1 Å². The highest BCUT2D eigenvalue weighted by Gasteiger charge is 2.30. The molecule has 2 amide bonds. The van der Waals surface area contributed by atoms with Gasteiger partial charge < -0.3 is 19.7 Å². The third-order valence-corrected chi connectivity index (χ3v) is 5.70. The second-order valence-electron chi connectivity index (χ2n) is 7.89. The van der Waals surface area contributed by atoms with Crippen molar-refractivity contribution in [2.24, 2.45) is 0 Å². The highest BCUT2D eigenvalue weighted by molar-refractivity contribution is 5.88. The molecule has 31 heavy (non-hydrogen) atoms. The first kappa shape index (κ1) is 22.7. The minimum atomic E-state index is -0.534. The zero-order valence-corrected chi connectivity index (χ0v) is 18.4. The predicted molar refractivity (Wildman–Crippen MR) is 120 cm³/mol. The highest BCUT2D eigenvalue weighted by Crippen LogP contribution is 2.20. The molecular weight excluding hydrogens is 392 g/mol. The maximum absolute atomic E-state index is 13.2. The Hall–Kier alpha value is -3.02. The quantitative estimate of drug-likeness (QED) is 0.627. The van der Waals surface area contributed by atoms with E-state index >= 15 is 0 Å². The van der Waals surface area contributed by atoms with Crippen LogP contribution in [0, 0.1) is 0 Å². The summed E-state index contributed by atoms with van der Waals surface area (Å²) in [6.07, 6.45) is 4.85. The average Bonchev–Trinajstić information content (AvgIpc) is 3.31. The van der Waals surface area contributed by atoms with Crippen LogP contribution in [-0.4, -0.2) is 42.5 Å². The van der Waals surface area contributed by atoms with Crippen molar-refractivity contribution >= 4 is 11.8 Å². The van der Waals surface area contributed by atoms with Crippen LogP contribution in [0.3, 0.4) is 0 Å². The smallest absolute Gasteiger partial charge is 0.261 e. The molecule has 166 valence electrons. The molecule has 1 N–H and O–H groups in total. The summed E-state index contributed by atoms with van der Waals surface area (Å²) in [5.74, 6) is 1.01. The van der Waals surface area contributed by atoms with Gasteiger partial charge in [0.05, 0.1) is 7.11 Å². The molecule has 0 heterocycles. The third-order valence-electron chi connectivity index (χ3n) is 5.70. The van der Waals surface area contributed by atoms with Crippen molar-refractivity contribution in [3.8, 4) is 11.5 Å². The van der Waals surface area contributed by atoms with Gasteiger partial charge in [0, 0.05) is 12.6 Å². The van der Waals surface area contributed by atoms with Crippen LogP contribution in [0.2, 0.25) is 0 Å². The Balaban J connectivity index is 1.71. The van der Waals surface area contributed by atoms with E-state index < -0.39 is 6.04 Å². The van der Waals surface area contributed by atoms with Gasteiger partial charge in [-0.2, -0.15) is 0 Å². The lowest BCUT2D eigenvalue weighted by Crippen LogP contribution is -2.52. The maximum atomic E-state index is 13.2. The van der Waals surface area contributed by atoms with Gasteiger partial charge in [0.15, 0.2) is 6.61 Å². The van der Waals surface area contributed by atoms with Crippen LogP contribution in [-0.2, 0) is 16.1 Å². The topological polar surface area (TPSA) is 67.9 Å². The van der Waals surface area contributed by atoms with Crippen LogP contribution < -0.4 is 14.8 Å². The fourth-order valence-corrected chi connectivity index (χ4v) is 3.97. The molecule has 0 spiro atoms. The van der Waals surface area contributed by atoms with Gasteiger partial charge in [0.25, 0.3) is 5.91 Å². The number of carbonyl (C=O) groups excluding carboxylic acids is 2. The number of methoxy groups -OCH3 is 1. The van der Waals surface area contributed by atoms with E-state index in [-0.39, 0.29) is 24.5 Å². The Bertz CT molecular complexity index is 832. The van der Waals surface area contributed by atoms with Gasteiger partial charge >= 0.3 is 0 Å². The van der Waals surface area contributed by atoms with Crippen LogP contribution in [0.4, 0.5) is 0 Å². The van der Waals surface area contributed by atoms with Gasteiger partial charge in [-0.05, 0) is 49.1 Å². The number of nitrogens with zero attached hydrogens (tertiary/aromatic N) is 1. The van der Waals surface area contributed by atoms with E-state index in [9.17, 15) is 9.59 Å². The summed E-state index contributed by atoms with van der Waals surface area (Å²) in [6, 6.07) is 16.5. The molecule has 2 aromatic rings. The van der Waals surface area contributed by atoms with Gasteiger partial charge in [-0.15, -0.1) is 0 Å². The fourth-order valence-electron chi connectivity index (χ4n) is 3.97. The molecule has 1 aliphatic carbocycles. The summed E-state index contributed by atoms with van der Waals surface area (Å²) in [5.41, 5.74) is 0.979. The summed E-state index contributed by atoms with van der Waals surface area (Å²) in [6.45, 7) is 2.17. The molecule has 0 aliphatic heterocycles.